The maximum Gasteiger partial charge on any atom is 0.244 e. The molecule has 5 heteroatoms. The molecule has 142 valence electrons. The highest BCUT2D eigenvalue weighted by molar-refractivity contribution is 5.91. The van der Waals surface area contributed by atoms with Crippen LogP contribution in [0.2, 0.25) is 0 Å². The molecule has 5 nitrogen and oxygen atoms in total. The van der Waals surface area contributed by atoms with Crippen LogP contribution in [-0.2, 0) is 11.4 Å². The largest absolute Gasteiger partial charge is 0.492 e. The predicted octanol–water partition coefficient (Wildman–Crippen LogP) is 3.87. The second-order valence-electron chi connectivity index (χ2n) is 5.96. The molecule has 0 aliphatic carbocycles. The van der Waals surface area contributed by atoms with Crippen molar-refractivity contribution >= 4 is 12.0 Å². The molecule has 2 aromatic carbocycles. The first-order valence-electron chi connectivity index (χ1n) is 9.06. The van der Waals surface area contributed by atoms with Gasteiger partial charge in [0, 0.05) is 12.3 Å². The number of amides is 1. The zero-order valence-electron chi connectivity index (χ0n) is 15.5. The highest BCUT2D eigenvalue weighted by atomic mass is 16.5. The molecule has 1 heterocycles. The van der Waals surface area contributed by atoms with Crippen molar-refractivity contribution in [1.82, 2.24) is 10.3 Å². The number of pyridine rings is 1. The van der Waals surface area contributed by atoms with Crippen LogP contribution in [0, 0.1) is 0 Å². The number of carbonyl (C=O) groups is 1. The Morgan fingerprint density at radius 2 is 1.64 bits per heavy atom. The summed E-state index contributed by atoms with van der Waals surface area (Å²) in [5.74, 6) is 1.38. The van der Waals surface area contributed by atoms with Gasteiger partial charge in [0.1, 0.15) is 24.7 Å². The topological polar surface area (TPSA) is 60.5 Å². The van der Waals surface area contributed by atoms with E-state index in [0.717, 1.165) is 22.8 Å². The van der Waals surface area contributed by atoms with Gasteiger partial charge in [-0.15, -0.1) is 0 Å². The number of nitrogens with one attached hydrogen (secondary N) is 1. The average Bonchev–Trinajstić information content (AvgIpc) is 2.76. The minimum Gasteiger partial charge on any atom is -0.492 e. The molecule has 1 aromatic heterocycles. The molecule has 0 radical (unpaired) electrons. The van der Waals surface area contributed by atoms with E-state index < -0.39 is 0 Å². The highest BCUT2D eigenvalue weighted by Gasteiger charge is 1.98. The van der Waals surface area contributed by atoms with Crippen LogP contribution in [0.1, 0.15) is 11.3 Å². The van der Waals surface area contributed by atoms with Crippen LogP contribution in [-0.4, -0.2) is 24.0 Å². The maximum atomic E-state index is 11.9. The number of hydrogen-bond acceptors (Lipinski definition) is 4. The fraction of sp³-hybridized carbons (Fsp3) is 0.130. The zero-order valence-corrected chi connectivity index (χ0v) is 15.5. The van der Waals surface area contributed by atoms with Crippen LogP contribution in [0.3, 0.4) is 0 Å². The van der Waals surface area contributed by atoms with Gasteiger partial charge < -0.3 is 14.8 Å². The summed E-state index contributed by atoms with van der Waals surface area (Å²) in [5, 5.41) is 2.79. The van der Waals surface area contributed by atoms with E-state index in [-0.39, 0.29) is 5.91 Å². The Bertz CT molecular complexity index is 879. The third kappa shape index (κ3) is 6.61. The average molecular weight is 374 g/mol. The molecule has 0 saturated carbocycles. The first-order valence-corrected chi connectivity index (χ1v) is 9.06. The fourth-order valence-electron chi connectivity index (χ4n) is 2.41. The van der Waals surface area contributed by atoms with E-state index in [1.54, 1.807) is 12.3 Å². The van der Waals surface area contributed by atoms with E-state index in [9.17, 15) is 4.79 Å². The summed E-state index contributed by atoms with van der Waals surface area (Å²) in [6.45, 7) is 1.29. The quantitative estimate of drug-likeness (QED) is 0.456. The van der Waals surface area contributed by atoms with Gasteiger partial charge in [-0.1, -0.05) is 36.4 Å². The van der Waals surface area contributed by atoms with Crippen molar-refractivity contribution in [1.29, 1.82) is 0 Å². The summed E-state index contributed by atoms with van der Waals surface area (Å²) in [4.78, 5) is 16.1. The van der Waals surface area contributed by atoms with Crippen molar-refractivity contribution in [3.63, 3.8) is 0 Å². The molecular weight excluding hydrogens is 352 g/mol. The summed E-state index contributed by atoms with van der Waals surface area (Å²) in [6, 6.07) is 22.8. The SMILES string of the molecule is O=C(C=Cc1ccc(OCc2ccccn2)cc1)NCCOc1ccccc1. The molecule has 1 amide bonds. The first-order chi connectivity index (χ1) is 13.8. The van der Waals surface area contributed by atoms with Crippen molar-refractivity contribution < 1.29 is 14.3 Å². The highest BCUT2D eigenvalue weighted by Crippen LogP contribution is 2.14. The third-order valence-electron chi connectivity index (χ3n) is 3.83. The smallest absolute Gasteiger partial charge is 0.244 e. The van der Waals surface area contributed by atoms with Crippen LogP contribution in [0.5, 0.6) is 11.5 Å². The van der Waals surface area contributed by atoms with E-state index in [0.29, 0.717) is 19.8 Å². The minimum atomic E-state index is -0.160. The van der Waals surface area contributed by atoms with Crippen LogP contribution >= 0.6 is 0 Å². The monoisotopic (exact) mass is 374 g/mol. The fourth-order valence-corrected chi connectivity index (χ4v) is 2.41. The molecule has 0 unspecified atom stereocenters. The molecule has 0 aliphatic rings. The van der Waals surface area contributed by atoms with Gasteiger partial charge in [0.05, 0.1) is 12.2 Å². The van der Waals surface area contributed by atoms with E-state index >= 15 is 0 Å². The number of para-hydroxylation sites is 1. The summed E-state index contributed by atoms with van der Waals surface area (Å²) >= 11 is 0. The molecule has 0 fully saturated rings. The van der Waals surface area contributed by atoms with Gasteiger partial charge in [-0.25, -0.2) is 0 Å². The Morgan fingerprint density at radius 3 is 2.39 bits per heavy atom. The number of hydrogen-bond donors (Lipinski definition) is 1. The van der Waals surface area contributed by atoms with Gasteiger partial charge in [-0.05, 0) is 48.0 Å². The second-order valence-corrected chi connectivity index (χ2v) is 5.96. The number of rotatable bonds is 9. The standard InChI is InChI=1S/C23H22N2O3/c26-23(25-16-17-27-21-7-2-1-3-8-21)14-11-19-9-12-22(13-10-19)28-18-20-6-4-5-15-24-20/h1-15H,16-18H2,(H,25,26). The van der Waals surface area contributed by atoms with E-state index in [2.05, 4.69) is 10.3 Å². The van der Waals surface area contributed by atoms with Crippen molar-refractivity contribution in [2.24, 2.45) is 0 Å². The molecule has 0 atom stereocenters. The minimum absolute atomic E-state index is 0.160. The number of ether oxygens (including phenoxy) is 2. The molecule has 0 saturated heterocycles. The summed E-state index contributed by atoms with van der Waals surface area (Å²) in [5.41, 5.74) is 1.79. The van der Waals surface area contributed by atoms with Crippen molar-refractivity contribution in [2.75, 3.05) is 13.2 Å². The van der Waals surface area contributed by atoms with E-state index in [1.165, 1.54) is 6.08 Å². The Labute approximate surface area is 164 Å². The van der Waals surface area contributed by atoms with Gasteiger partial charge in [0.15, 0.2) is 0 Å². The lowest BCUT2D eigenvalue weighted by Gasteiger charge is -2.06. The molecule has 28 heavy (non-hydrogen) atoms. The van der Waals surface area contributed by atoms with E-state index in [1.807, 2.05) is 72.8 Å². The van der Waals surface area contributed by atoms with Crippen LogP contribution in [0.4, 0.5) is 0 Å². The van der Waals surface area contributed by atoms with Crippen LogP contribution < -0.4 is 14.8 Å². The predicted molar refractivity (Wildman–Crippen MR) is 109 cm³/mol. The Hall–Kier alpha value is -3.60. The van der Waals surface area contributed by atoms with Gasteiger partial charge in [0.25, 0.3) is 0 Å². The number of carbonyl (C=O) groups excluding carboxylic acids is 1. The molecule has 0 bridgehead atoms. The first kappa shape index (κ1) is 19.2. The Morgan fingerprint density at radius 1 is 0.893 bits per heavy atom. The Balaban J connectivity index is 1.38. The number of nitrogens with zero attached hydrogens (tertiary/aromatic N) is 1. The lowest BCUT2D eigenvalue weighted by Crippen LogP contribution is -2.26. The number of aromatic nitrogens is 1. The van der Waals surface area contributed by atoms with Gasteiger partial charge in [-0.2, -0.15) is 0 Å². The molecule has 0 spiro atoms. The summed E-state index contributed by atoms with van der Waals surface area (Å²) < 4.78 is 11.2. The third-order valence-corrected chi connectivity index (χ3v) is 3.83. The molecule has 0 aliphatic heterocycles. The zero-order chi connectivity index (χ0) is 19.4. The molecule has 3 aromatic rings. The Kier molecular flexibility index (Phi) is 7.21. The lowest BCUT2D eigenvalue weighted by atomic mass is 10.2. The van der Waals surface area contributed by atoms with Crippen molar-refractivity contribution in [3.8, 4) is 11.5 Å². The summed E-state index contributed by atoms with van der Waals surface area (Å²) in [7, 11) is 0. The lowest BCUT2D eigenvalue weighted by molar-refractivity contribution is -0.116. The molecular formula is C23H22N2O3. The van der Waals surface area contributed by atoms with Crippen LogP contribution in [0.15, 0.2) is 85.1 Å². The second kappa shape index (κ2) is 10.5. The van der Waals surface area contributed by atoms with Gasteiger partial charge in [0.2, 0.25) is 5.91 Å². The maximum absolute atomic E-state index is 11.9. The number of benzene rings is 2. The van der Waals surface area contributed by atoms with E-state index in [4.69, 9.17) is 9.47 Å². The van der Waals surface area contributed by atoms with Crippen molar-refractivity contribution in [2.45, 2.75) is 6.61 Å². The van der Waals surface area contributed by atoms with Gasteiger partial charge in [-0.3, -0.25) is 9.78 Å². The van der Waals surface area contributed by atoms with Gasteiger partial charge >= 0.3 is 0 Å². The normalized spacial score (nSPS) is 10.6. The summed E-state index contributed by atoms with van der Waals surface area (Å²) in [6.07, 6.45) is 5.01. The van der Waals surface area contributed by atoms with Crippen LogP contribution in [0.25, 0.3) is 6.08 Å². The molecule has 3 rings (SSSR count). The molecule has 1 N–H and O–H groups in total. The van der Waals surface area contributed by atoms with Crippen molar-refractivity contribution in [3.05, 3.63) is 96.3 Å².